The zero-order valence-corrected chi connectivity index (χ0v) is 23.6. The molecule has 1 saturated heterocycles. The van der Waals surface area contributed by atoms with E-state index in [2.05, 4.69) is 39.6 Å². The summed E-state index contributed by atoms with van der Waals surface area (Å²) in [5.41, 5.74) is 1.23. The molecule has 2 fully saturated rings. The molecule has 0 bridgehead atoms. The molecule has 0 spiro atoms. The number of amides is 2. The van der Waals surface area contributed by atoms with E-state index in [0.717, 1.165) is 18.9 Å². The first-order valence-electron chi connectivity index (χ1n) is 14.2. The summed E-state index contributed by atoms with van der Waals surface area (Å²) in [5, 5.41) is 13.5. The van der Waals surface area contributed by atoms with Crippen LogP contribution in [0.15, 0.2) is 47.6 Å². The number of nitrogens with zero attached hydrogens (tertiary/aromatic N) is 3. The predicted molar refractivity (Wildman–Crippen MR) is 151 cm³/mol. The van der Waals surface area contributed by atoms with Gasteiger partial charge in [-0.1, -0.05) is 51.1 Å². The number of halogens is 2. The van der Waals surface area contributed by atoms with Gasteiger partial charge in [0.05, 0.1) is 18.7 Å². The molecule has 0 radical (unpaired) electrons. The minimum absolute atomic E-state index is 0.0593. The molecule has 1 saturated carbocycles. The van der Waals surface area contributed by atoms with Crippen LogP contribution in [0.3, 0.4) is 0 Å². The van der Waals surface area contributed by atoms with Gasteiger partial charge in [0.15, 0.2) is 11.6 Å². The quantitative estimate of drug-likeness (QED) is 0.222. The Morgan fingerprint density at radius 1 is 1.26 bits per heavy atom. The Balaban J connectivity index is 1.53. The van der Waals surface area contributed by atoms with E-state index in [0.29, 0.717) is 44.1 Å². The second-order valence-electron chi connectivity index (χ2n) is 11.1. The minimum Gasteiger partial charge on any atom is -0.383 e. The van der Waals surface area contributed by atoms with Crippen LogP contribution in [-0.2, 0) is 10.2 Å². The fourth-order valence-electron chi connectivity index (χ4n) is 5.69. The molecule has 2 N–H and O–H groups in total. The van der Waals surface area contributed by atoms with E-state index in [4.69, 9.17) is 9.84 Å². The first-order valence-corrected chi connectivity index (χ1v) is 14.2. The second kappa shape index (κ2) is 13.0. The smallest absolute Gasteiger partial charge is 0.316 e. The van der Waals surface area contributed by atoms with Gasteiger partial charge in [0, 0.05) is 37.9 Å². The highest BCUT2D eigenvalue weighted by Gasteiger charge is 2.45. The van der Waals surface area contributed by atoms with E-state index < -0.39 is 17.0 Å². The maximum absolute atomic E-state index is 14.2. The van der Waals surface area contributed by atoms with Gasteiger partial charge in [-0.25, -0.2) is 13.6 Å². The van der Waals surface area contributed by atoms with Crippen molar-refractivity contribution in [3.63, 3.8) is 0 Å². The Bertz CT molecular complexity index is 1090. The van der Waals surface area contributed by atoms with Gasteiger partial charge in [-0.05, 0) is 55.7 Å². The highest BCUT2D eigenvalue weighted by molar-refractivity contribution is 5.88. The van der Waals surface area contributed by atoms with Crippen molar-refractivity contribution < 1.29 is 18.3 Å². The van der Waals surface area contributed by atoms with Crippen LogP contribution in [0.5, 0.6) is 0 Å². The SMILES string of the molecule is CC/C(=N\N(C1C=CC=CC1)C(CC)NC(=O)N[C@@H]1CN(CCOC)CC1(C)c1ccc(F)c(F)c1)C1CC1. The molecule has 1 aliphatic heterocycles. The summed E-state index contributed by atoms with van der Waals surface area (Å²) in [5.74, 6) is -1.22. The van der Waals surface area contributed by atoms with Gasteiger partial charge in [0.25, 0.3) is 0 Å². The molecule has 4 rings (SSSR count). The maximum Gasteiger partial charge on any atom is 0.316 e. The van der Waals surface area contributed by atoms with Crippen molar-refractivity contribution in [1.82, 2.24) is 20.5 Å². The number of allylic oxidation sites excluding steroid dienone is 2. The van der Waals surface area contributed by atoms with Gasteiger partial charge in [-0.2, -0.15) is 5.10 Å². The van der Waals surface area contributed by atoms with Crippen LogP contribution < -0.4 is 10.6 Å². The molecule has 3 unspecified atom stereocenters. The number of urea groups is 1. The Hall–Kier alpha value is -2.78. The molecular formula is C30H43F2N5O2. The van der Waals surface area contributed by atoms with E-state index >= 15 is 0 Å². The molecule has 39 heavy (non-hydrogen) atoms. The van der Waals surface area contributed by atoms with Crippen LogP contribution in [0.25, 0.3) is 0 Å². The van der Waals surface area contributed by atoms with Crippen LogP contribution in [0, 0.1) is 17.6 Å². The third-order valence-electron chi connectivity index (χ3n) is 8.21. The molecule has 4 atom stereocenters. The van der Waals surface area contributed by atoms with Gasteiger partial charge in [-0.15, -0.1) is 0 Å². The number of rotatable bonds is 12. The lowest BCUT2D eigenvalue weighted by atomic mass is 9.78. The van der Waals surface area contributed by atoms with Crippen LogP contribution in [-0.4, -0.2) is 73.3 Å². The van der Waals surface area contributed by atoms with Crippen molar-refractivity contribution in [3.8, 4) is 0 Å². The molecule has 214 valence electrons. The zero-order valence-electron chi connectivity index (χ0n) is 23.6. The Morgan fingerprint density at radius 3 is 2.67 bits per heavy atom. The summed E-state index contributed by atoms with van der Waals surface area (Å²) in [6, 6.07) is 3.47. The predicted octanol–water partition coefficient (Wildman–Crippen LogP) is 4.95. The van der Waals surface area contributed by atoms with Crippen molar-refractivity contribution in [1.29, 1.82) is 0 Å². The summed E-state index contributed by atoms with van der Waals surface area (Å²) in [6.07, 6.45) is 12.8. The number of carbonyl (C=O) groups is 1. The number of likely N-dealkylation sites (tertiary alicyclic amines) is 1. The number of hydrogen-bond acceptors (Lipinski definition) is 5. The topological polar surface area (TPSA) is 69.2 Å². The largest absolute Gasteiger partial charge is 0.383 e. The molecule has 1 aromatic rings. The lowest BCUT2D eigenvalue weighted by molar-refractivity contribution is 0.134. The molecule has 7 nitrogen and oxygen atoms in total. The third kappa shape index (κ3) is 7.06. The number of methoxy groups -OCH3 is 1. The normalized spacial score (nSPS) is 26.1. The summed E-state index contributed by atoms with van der Waals surface area (Å²) in [4.78, 5) is 15.7. The first-order chi connectivity index (χ1) is 18.8. The molecule has 1 aromatic carbocycles. The van der Waals surface area contributed by atoms with Crippen molar-refractivity contribution in [2.24, 2.45) is 11.0 Å². The highest BCUT2D eigenvalue weighted by Crippen LogP contribution is 2.36. The van der Waals surface area contributed by atoms with E-state index in [-0.39, 0.29) is 24.3 Å². The van der Waals surface area contributed by atoms with Crippen LogP contribution in [0.1, 0.15) is 58.4 Å². The van der Waals surface area contributed by atoms with Crippen LogP contribution >= 0.6 is 0 Å². The van der Waals surface area contributed by atoms with Gasteiger partial charge in [0.2, 0.25) is 0 Å². The van der Waals surface area contributed by atoms with Gasteiger partial charge in [-0.3, -0.25) is 9.91 Å². The fraction of sp³-hybridized carbons (Fsp3) is 0.600. The summed E-state index contributed by atoms with van der Waals surface area (Å²) >= 11 is 0. The van der Waals surface area contributed by atoms with Crippen molar-refractivity contribution in [3.05, 3.63) is 59.7 Å². The summed E-state index contributed by atoms with van der Waals surface area (Å²) in [7, 11) is 1.65. The third-order valence-corrected chi connectivity index (χ3v) is 8.21. The number of ether oxygens (including phenoxy) is 1. The number of carbonyl (C=O) groups excluding carboxylic acids is 1. The lowest BCUT2D eigenvalue weighted by Crippen LogP contribution is -2.57. The molecular weight excluding hydrogens is 500 g/mol. The zero-order chi connectivity index (χ0) is 28.0. The number of benzene rings is 1. The number of hydrogen-bond donors (Lipinski definition) is 2. The molecule has 1 heterocycles. The van der Waals surface area contributed by atoms with Crippen LogP contribution in [0.4, 0.5) is 13.6 Å². The van der Waals surface area contributed by atoms with E-state index in [9.17, 15) is 13.6 Å². The molecule has 2 amide bonds. The standard InChI is InChI=1S/C30H43F2N5O2/c1-5-26(21-12-13-21)35-37(23-10-8-7-9-11-23)28(6-2)34-29(38)33-27-19-36(16-17-39-4)20-30(27,3)22-14-15-24(31)25(32)18-22/h7-10,14-15,18,21,23,27-28H,5-6,11-13,16-17,19-20H2,1-4H3,(H2,33,34,38)/b35-26+/t23?,27-,28?,30?/m1/s1. The Kier molecular flexibility index (Phi) is 9.77. The average Bonchev–Trinajstić information content (AvgIpc) is 3.73. The number of hydrazone groups is 1. The summed E-state index contributed by atoms with van der Waals surface area (Å²) in [6.45, 7) is 8.56. The minimum atomic E-state index is -0.885. The summed E-state index contributed by atoms with van der Waals surface area (Å²) < 4.78 is 33.2. The number of nitrogens with one attached hydrogen (secondary N) is 2. The fourth-order valence-corrected chi connectivity index (χ4v) is 5.69. The van der Waals surface area contributed by atoms with Crippen molar-refractivity contribution >= 4 is 11.7 Å². The Labute approximate surface area is 231 Å². The molecule has 9 heteroatoms. The second-order valence-corrected chi connectivity index (χ2v) is 11.1. The molecule has 3 aliphatic rings. The van der Waals surface area contributed by atoms with E-state index in [1.807, 2.05) is 26.0 Å². The average molecular weight is 544 g/mol. The van der Waals surface area contributed by atoms with Crippen molar-refractivity contribution in [2.45, 2.75) is 76.5 Å². The highest BCUT2D eigenvalue weighted by atomic mass is 19.2. The van der Waals surface area contributed by atoms with E-state index in [1.54, 1.807) is 13.2 Å². The maximum atomic E-state index is 14.2. The van der Waals surface area contributed by atoms with Gasteiger partial charge < -0.3 is 15.4 Å². The van der Waals surface area contributed by atoms with Gasteiger partial charge in [0.1, 0.15) is 6.17 Å². The first kappa shape index (κ1) is 29.2. The Morgan fingerprint density at radius 2 is 2.05 bits per heavy atom. The molecule has 0 aromatic heterocycles. The van der Waals surface area contributed by atoms with Crippen molar-refractivity contribution in [2.75, 3.05) is 33.4 Å². The molecule has 2 aliphatic carbocycles. The van der Waals surface area contributed by atoms with E-state index in [1.165, 1.54) is 24.6 Å². The van der Waals surface area contributed by atoms with Crippen LogP contribution in [0.2, 0.25) is 0 Å². The monoisotopic (exact) mass is 543 g/mol. The van der Waals surface area contributed by atoms with Gasteiger partial charge >= 0.3 is 6.03 Å². The lowest BCUT2D eigenvalue weighted by Gasteiger charge is -2.37.